The summed E-state index contributed by atoms with van der Waals surface area (Å²) in [4.78, 5) is 12.7. The first kappa shape index (κ1) is 11.7. The second kappa shape index (κ2) is 4.43. The Balaban J connectivity index is 2.94. The largest absolute Gasteiger partial charge is 0.329 e. The van der Waals surface area contributed by atoms with E-state index < -0.39 is 5.41 Å². The van der Waals surface area contributed by atoms with Gasteiger partial charge in [0.1, 0.15) is 0 Å². The number of carbonyl (C=O) groups is 1. The van der Waals surface area contributed by atoms with Crippen LogP contribution in [0, 0.1) is 5.41 Å². The Morgan fingerprint density at radius 1 is 1.64 bits per heavy atom. The smallest absolute Gasteiger partial charge is 0.179 e. The zero-order chi connectivity index (χ0) is 10.8. The molecule has 0 aliphatic carbocycles. The predicted octanol–water partition coefficient (Wildman–Crippen LogP) is 2.96. The molecule has 0 saturated heterocycles. The average molecular weight is 232 g/mol. The monoisotopic (exact) mass is 231 g/mol. The summed E-state index contributed by atoms with van der Waals surface area (Å²) in [6, 6.07) is 3.50. The minimum absolute atomic E-state index is 0.0967. The molecule has 0 radical (unpaired) electrons. The van der Waals surface area contributed by atoms with Crippen LogP contribution in [0.25, 0.3) is 0 Å². The van der Waals surface area contributed by atoms with Gasteiger partial charge in [-0.3, -0.25) is 4.79 Å². The van der Waals surface area contributed by atoms with E-state index in [2.05, 4.69) is 0 Å². The third-order valence-electron chi connectivity index (χ3n) is 2.58. The summed E-state index contributed by atoms with van der Waals surface area (Å²) in [6.07, 6.45) is 0.748. The lowest BCUT2D eigenvalue weighted by atomic mass is 9.82. The van der Waals surface area contributed by atoms with Crippen molar-refractivity contribution in [2.45, 2.75) is 20.3 Å². The molecule has 1 unspecified atom stereocenters. The maximum atomic E-state index is 12.0. The van der Waals surface area contributed by atoms with Gasteiger partial charge in [-0.25, -0.2) is 0 Å². The molecule has 0 amide bonds. The van der Waals surface area contributed by atoms with Crippen LogP contribution < -0.4 is 5.73 Å². The fourth-order valence-corrected chi connectivity index (χ4v) is 2.27. The van der Waals surface area contributed by atoms with Gasteiger partial charge in [-0.1, -0.05) is 25.4 Å². The van der Waals surface area contributed by atoms with Crippen LogP contribution in [0.4, 0.5) is 0 Å². The fourth-order valence-electron chi connectivity index (χ4n) is 1.13. The number of halogens is 1. The number of nitrogens with two attached hydrogens (primary N) is 1. The quantitative estimate of drug-likeness (QED) is 0.810. The van der Waals surface area contributed by atoms with Crippen molar-refractivity contribution >= 4 is 28.7 Å². The standard InChI is InChI=1S/C10H14ClNOS/c1-3-10(2,6-12)9(13)7-4-5-8(11)14-7/h4-5H,3,6,12H2,1-2H3. The number of thiophene rings is 1. The summed E-state index contributed by atoms with van der Waals surface area (Å²) in [6.45, 7) is 4.24. The van der Waals surface area contributed by atoms with Gasteiger partial charge in [-0.15, -0.1) is 11.3 Å². The molecule has 1 rings (SSSR count). The molecule has 0 saturated carbocycles. The molecule has 14 heavy (non-hydrogen) atoms. The molecular weight excluding hydrogens is 218 g/mol. The maximum Gasteiger partial charge on any atom is 0.179 e. The SMILES string of the molecule is CCC(C)(CN)C(=O)c1ccc(Cl)s1. The van der Waals surface area contributed by atoms with Crippen molar-refractivity contribution < 1.29 is 4.79 Å². The minimum atomic E-state index is -0.450. The van der Waals surface area contributed by atoms with Crippen LogP contribution in [0.15, 0.2) is 12.1 Å². The molecule has 2 nitrogen and oxygen atoms in total. The summed E-state index contributed by atoms with van der Waals surface area (Å²) in [5, 5.41) is 0. The zero-order valence-corrected chi connectivity index (χ0v) is 9.91. The number of hydrogen-bond acceptors (Lipinski definition) is 3. The third kappa shape index (κ3) is 2.16. The molecule has 1 aromatic heterocycles. The molecule has 0 bridgehead atoms. The van der Waals surface area contributed by atoms with E-state index in [0.29, 0.717) is 15.8 Å². The lowest BCUT2D eigenvalue weighted by Crippen LogP contribution is -2.34. The lowest BCUT2D eigenvalue weighted by molar-refractivity contribution is 0.0825. The van der Waals surface area contributed by atoms with Crippen LogP contribution in [0.2, 0.25) is 4.34 Å². The first-order chi connectivity index (χ1) is 6.53. The maximum absolute atomic E-state index is 12.0. The normalized spacial score (nSPS) is 15.1. The highest BCUT2D eigenvalue weighted by Gasteiger charge is 2.31. The van der Waals surface area contributed by atoms with E-state index in [-0.39, 0.29) is 5.78 Å². The van der Waals surface area contributed by atoms with E-state index in [1.54, 1.807) is 12.1 Å². The Kier molecular flexibility index (Phi) is 3.70. The number of rotatable bonds is 4. The number of Topliss-reactive ketones (excluding diaryl/α,β-unsaturated/α-hetero) is 1. The topological polar surface area (TPSA) is 43.1 Å². The van der Waals surface area contributed by atoms with E-state index in [0.717, 1.165) is 6.42 Å². The van der Waals surface area contributed by atoms with Gasteiger partial charge in [0.05, 0.1) is 9.21 Å². The second-order valence-corrected chi connectivity index (χ2v) is 5.27. The Labute approximate surface area is 93.1 Å². The van der Waals surface area contributed by atoms with Gasteiger partial charge in [0.15, 0.2) is 5.78 Å². The molecule has 0 aliphatic heterocycles. The van der Waals surface area contributed by atoms with Crippen molar-refractivity contribution in [3.63, 3.8) is 0 Å². The molecule has 1 atom stereocenters. The van der Waals surface area contributed by atoms with Crippen LogP contribution in [-0.2, 0) is 0 Å². The molecule has 0 fully saturated rings. The van der Waals surface area contributed by atoms with Gasteiger partial charge in [0.25, 0.3) is 0 Å². The van der Waals surface area contributed by atoms with Crippen molar-refractivity contribution in [1.29, 1.82) is 0 Å². The second-order valence-electron chi connectivity index (χ2n) is 3.55. The Morgan fingerprint density at radius 2 is 2.29 bits per heavy atom. The summed E-state index contributed by atoms with van der Waals surface area (Å²) >= 11 is 7.09. The highest BCUT2D eigenvalue weighted by atomic mass is 35.5. The molecule has 2 N–H and O–H groups in total. The van der Waals surface area contributed by atoms with Gasteiger partial charge < -0.3 is 5.73 Å². The summed E-state index contributed by atoms with van der Waals surface area (Å²) in [5.74, 6) is 0.0967. The van der Waals surface area contributed by atoms with Gasteiger partial charge in [-0.2, -0.15) is 0 Å². The molecule has 1 heterocycles. The number of ketones is 1. The Bertz CT molecular complexity index is 331. The predicted molar refractivity (Wildman–Crippen MR) is 61.1 cm³/mol. The highest BCUT2D eigenvalue weighted by Crippen LogP contribution is 2.30. The molecule has 4 heteroatoms. The summed E-state index contributed by atoms with van der Waals surface area (Å²) < 4.78 is 0.642. The zero-order valence-electron chi connectivity index (χ0n) is 8.34. The van der Waals surface area contributed by atoms with E-state index in [1.807, 2.05) is 13.8 Å². The van der Waals surface area contributed by atoms with Crippen LogP contribution in [0.5, 0.6) is 0 Å². The Hall–Kier alpha value is -0.380. The fraction of sp³-hybridized carbons (Fsp3) is 0.500. The van der Waals surface area contributed by atoms with Crippen LogP contribution in [0.1, 0.15) is 29.9 Å². The van der Waals surface area contributed by atoms with Crippen molar-refractivity contribution in [2.75, 3.05) is 6.54 Å². The van der Waals surface area contributed by atoms with Crippen LogP contribution in [-0.4, -0.2) is 12.3 Å². The average Bonchev–Trinajstić information content (AvgIpc) is 2.62. The van der Waals surface area contributed by atoms with E-state index >= 15 is 0 Å². The van der Waals surface area contributed by atoms with Crippen molar-refractivity contribution in [3.8, 4) is 0 Å². The minimum Gasteiger partial charge on any atom is -0.329 e. The molecule has 0 aromatic carbocycles. The first-order valence-electron chi connectivity index (χ1n) is 4.53. The van der Waals surface area contributed by atoms with E-state index in [9.17, 15) is 4.79 Å². The van der Waals surface area contributed by atoms with Gasteiger partial charge in [0, 0.05) is 12.0 Å². The molecule has 78 valence electrons. The first-order valence-corrected chi connectivity index (χ1v) is 5.73. The summed E-state index contributed by atoms with van der Waals surface area (Å²) in [7, 11) is 0. The highest BCUT2D eigenvalue weighted by molar-refractivity contribution is 7.18. The van der Waals surface area contributed by atoms with Crippen LogP contribution in [0.3, 0.4) is 0 Å². The molecule has 1 aromatic rings. The Morgan fingerprint density at radius 3 is 2.64 bits per heavy atom. The van der Waals surface area contributed by atoms with Crippen LogP contribution >= 0.6 is 22.9 Å². The van der Waals surface area contributed by atoms with E-state index in [4.69, 9.17) is 17.3 Å². The third-order valence-corrected chi connectivity index (χ3v) is 3.81. The summed E-state index contributed by atoms with van der Waals surface area (Å²) in [5.41, 5.74) is 5.16. The van der Waals surface area contributed by atoms with Gasteiger partial charge >= 0.3 is 0 Å². The van der Waals surface area contributed by atoms with Gasteiger partial charge in [-0.05, 0) is 18.6 Å². The molecule has 0 spiro atoms. The van der Waals surface area contributed by atoms with E-state index in [1.165, 1.54) is 11.3 Å². The number of carbonyl (C=O) groups excluding carboxylic acids is 1. The van der Waals surface area contributed by atoms with Crippen molar-refractivity contribution in [3.05, 3.63) is 21.3 Å². The van der Waals surface area contributed by atoms with Gasteiger partial charge in [0.2, 0.25) is 0 Å². The molecular formula is C10H14ClNOS. The number of hydrogen-bond donors (Lipinski definition) is 1. The lowest BCUT2D eigenvalue weighted by Gasteiger charge is -2.23. The van der Waals surface area contributed by atoms with Crippen molar-refractivity contribution in [2.24, 2.45) is 11.1 Å². The van der Waals surface area contributed by atoms with Crippen molar-refractivity contribution in [1.82, 2.24) is 0 Å². The molecule has 0 aliphatic rings.